The highest BCUT2D eigenvalue weighted by Gasteiger charge is 2.21. The predicted molar refractivity (Wildman–Crippen MR) is 115 cm³/mol. The molecule has 1 aliphatic heterocycles. The molecule has 1 aliphatic rings. The average molecular weight is 387 g/mol. The Kier molecular flexibility index (Phi) is 4.20. The highest BCUT2D eigenvalue weighted by atomic mass is 15.3. The van der Waals surface area contributed by atoms with Crippen LogP contribution in [-0.2, 0) is 0 Å². The summed E-state index contributed by atoms with van der Waals surface area (Å²) in [5.74, 6) is 0.631. The van der Waals surface area contributed by atoms with Gasteiger partial charge >= 0.3 is 0 Å². The Bertz CT molecular complexity index is 1200. The molecule has 4 heterocycles. The molecule has 0 saturated carbocycles. The second-order valence-electron chi connectivity index (χ2n) is 8.17. The summed E-state index contributed by atoms with van der Waals surface area (Å²) >= 11 is 0. The normalized spacial score (nSPS) is 19.9. The number of benzene rings is 1. The Morgan fingerprint density at radius 1 is 1.03 bits per heavy atom. The van der Waals surface area contributed by atoms with Gasteiger partial charge in [-0.1, -0.05) is 0 Å². The summed E-state index contributed by atoms with van der Waals surface area (Å²) in [5, 5.41) is 9.28. The number of nitrogens with one attached hydrogen (secondary N) is 1. The zero-order valence-electron chi connectivity index (χ0n) is 17.2. The second kappa shape index (κ2) is 6.77. The third kappa shape index (κ3) is 3.31. The molecule has 2 unspecified atom stereocenters. The van der Waals surface area contributed by atoms with Crippen molar-refractivity contribution in [1.82, 2.24) is 29.9 Å². The fraction of sp³-hybridized carbons (Fsp3) is 0.364. The van der Waals surface area contributed by atoms with Crippen molar-refractivity contribution in [2.24, 2.45) is 0 Å². The van der Waals surface area contributed by atoms with Crippen molar-refractivity contribution in [3.05, 3.63) is 47.9 Å². The fourth-order valence-corrected chi connectivity index (χ4v) is 4.23. The van der Waals surface area contributed by atoms with E-state index in [0.717, 1.165) is 46.6 Å². The van der Waals surface area contributed by atoms with Gasteiger partial charge in [0.1, 0.15) is 5.69 Å². The number of aryl methyl sites for hydroxylation is 2. The van der Waals surface area contributed by atoms with Gasteiger partial charge in [-0.15, -0.1) is 0 Å². The number of nitrogens with zero attached hydrogens (tertiary/aromatic N) is 6. The standard InChI is InChI=1S/C22H25N7/c1-13-7-20(27-29-12-16(4)25-22(13)29)21-23-9-17-8-18(5-6-19(17)26-21)28-10-14(2)24-15(3)11-28/h5-9,12,14-15,24H,10-11H2,1-4H3. The van der Waals surface area contributed by atoms with E-state index in [1.54, 1.807) is 0 Å². The van der Waals surface area contributed by atoms with Crippen LogP contribution >= 0.6 is 0 Å². The molecule has 1 N–H and O–H groups in total. The van der Waals surface area contributed by atoms with Crippen LogP contribution in [0.25, 0.3) is 28.1 Å². The molecule has 148 valence electrons. The summed E-state index contributed by atoms with van der Waals surface area (Å²) in [6.07, 6.45) is 3.82. The number of hydrogen-bond donors (Lipinski definition) is 1. The zero-order valence-corrected chi connectivity index (χ0v) is 17.2. The van der Waals surface area contributed by atoms with Gasteiger partial charge in [0.05, 0.1) is 17.4 Å². The molecule has 2 atom stereocenters. The molecule has 7 nitrogen and oxygen atoms in total. The van der Waals surface area contributed by atoms with E-state index >= 15 is 0 Å². The number of imidazole rings is 1. The van der Waals surface area contributed by atoms with E-state index in [1.807, 2.05) is 36.8 Å². The van der Waals surface area contributed by atoms with Crippen molar-refractivity contribution in [1.29, 1.82) is 0 Å². The second-order valence-corrected chi connectivity index (χ2v) is 8.17. The van der Waals surface area contributed by atoms with Crippen molar-refractivity contribution >= 4 is 22.2 Å². The van der Waals surface area contributed by atoms with Crippen LogP contribution in [0.3, 0.4) is 0 Å². The predicted octanol–water partition coefficient (Wildman–Crippen LogP) is 3.14. The van der Waals surface area contributed by atoms with Crippen LogP contribution in [0.4, 0.5) is 5.69 Å². The lowest BCUT2D eigenvalue weighted by Gasteiger charge is -2.37. The van der Waals surface area contributed by atoms with Crippen molar-refractivity contribution in [2.75, 3.05) is 18.0 Å². The molecular weight excluding hydrogens is 362 g/mol. The van der Waals surface area contributed by atoms with Gasteiger partial charge in [-0.3, -0.25) is 0 Å². The monoisotopic (exact) mass is 387 g/mol. The Balaban J connectivity index is 1.51. The lowest BCUT2D eigenvalue weighted by Crippen LogP contribution is -2.54. The van der Waals surface area contributed by atoms with Crippen molar-refractivity contribution in [3.63, 3.8) is 0 Å². The number of anilines is 1. The maximum atomic E-state index is 4.78. The van der Waals surface area contributed by atoms with Crippen molar-refractivity contribution in [2.45, 2.75) is 39.8 Å². The lowest BCUT2D eigenvalue weighted by molar-refractivity contribution is 0.407. The molecule has 0 radical (unpaired) electrons. The van der Waals surface area contributed by atoms with E-state index < -0.39 is 0 Å². The third-order valence-corrected chi connectivity index (χ3v) is 5.44. The van der Waals surface area contributed by atoms with Gasteiger partial charge in [0.2, 0.25) is 0 Å². The molecule has 3 aromatic heterocycles. The first kappa shape index (κ1) is 18.0. The molecule has 0 aliphatic carbocycles. The largest absolute Gasteiger partial charge is 0.368 e. The minimum atomic E-state index is 0.476. The fourth-order valence-electron chi connectivity index (χ4n) is 4.23. The molecule has 4 aromatic rings. The van der Waals surface area contributed by atoms with Crippen LogP contribution in [-0.4, -0.2) is 49.7 Å². The number of fused-ring (bicyclic) bond motifs is 2. The molecule has 5 rings (SSSR count). The summed E-state index contributed by atoms with van der Waals surface area (Å²) in [6, 6.07) is 9.38. The summed E-state index contributed by atoms with van der Waals surface area (Å²) in [5.41, 5.74) is 5.78. The van der Waals surface area contributed by atoms with Gasteiger partial charge in [-0.05, 0) is 57.5 Å². The SMILES string of the molecule is Cc1cn2nc(-c3ncc4cc(N5CC(C)NC(C)C5)ccc4n3)cc(C)c2n1. The molecule has 1 aromatic carbocycles. The Hall–Kier alpha value is -3.06. The van der Waals surface area contributed by atoms with Crippen LogP contribution in [0.15, 0.2) is 36.7 Å². The van der Waals surface area contributed by atoms with Gasteiger partial charge < -0.3 is 10.2 Å². The molecule has 7 heteroatoms. The van der Waals surface area contributed by atoms with Gasteiger partial charge in [0, 0.05) is 42.4 Å². The Morgan fingerprint density at radius 3 is 2.62 bits per heavy atom. The highest BCUT2D eigenvalue weighted by Crippen LogP contribution is 2.25. The molecule has 1 saturated heterocycles. The topological polar surface area (TPSA) is 71.2 Å². The first-order chi connectivity index (χ1) is 14.0. The van der Waals surface area contributed by atoms with Gasteiger partial charge in [-0.2, -0.15) is 5.10 Å². The van der Waals surface area contributed by atoms with Crippen LogP contribution in [0, 0.1) is 13.8 Å². The minimum absolute atomic E-state index is 0.476. The summed E-state index contributed by atoms with van der Waals surface area (Å²) in [6.45, 7) is 10.5. The van der Waals surface area contributed by atoms with Crippen LogP contribution < -0.4 is 10.2 Å². The van der Waals surface area contributed by atoms with E-state index in [4.69, 9.17) is 4.98 Å². The minimum Gasteiger partial charge on any atom is -0.368 e. The number of aromatic nitrogens is 5. The summed E-state index contributed by atoms with van der Waals surface area (Å²) < 4.78 is 1.81. The summed E-state index contributed by atoms with van der Waals surface area (Å²) in [7, 11) is 0. The zero-order chi connectivity index (χ0) is 20.1. The van der Waals surface area contributed by atoms with Gasteiger partial charge in [-0.25, -0.2) is 19.5 Å². The molecule has 0 amide bonds. The molecular formula is C22H25N7. The van der Waals surface area contributed by atoms with Gasteiger partial charge in [0.25, 0.3) is 0 Å². The summed E-state index contributed by atoms with van der Waals surface area (Å²) in [4.78, 5) is 16.3. The first-order valence-electron chi connectivity index (χ1n) is 10.1. The number of rotatable bonds is 2. The van der Waals surface area contributed by atoms with Crippen LogP contribution in [0.2, 0.25) is 0 Å². The number of piperazine rings is 1. The maximum Gasteiger partial charge on any atom is 0.180 e. The van der Waals surface area contributed by atoms with E-state index in [-0.39, 0.29) is 0 Å². The van der Waals surface area contributed by atoms with E-state index in [0.29, 0.717) is 17.9 Å². The lowest BCUT2D eigenvalue weighted by atomic mass is 10.1. The first-order valence-corrected chi connectivity index (χ1v) is 10.1. The van der Waals surface area contributed by atoms with E-state index in [1.165, 1.54) is 5.69 Å². The maximum absolute atomic E-state index is 4.78. The molecule has 1 fully saturated rings. The van der Waals surface area contributed by atoms with Crippen LogP contribution in [0.1, 0.15) is 25.1 Å². The Labute approximate surface area is 169 Å². The quantitative estimate of drug-likeness (QED) is 0.570. The van der Waals surface area contributed by atoms with Crippen LogP contribution in [0.5, 0.6) is 0 Å². The van der Waals surface area contributed by atoms with Crippen molar-refractivity contribution < 1.29 is 0 Å². The third-order valence-electron chi connectivity index (χ3n) is 5.44. The molecule has 29 heavy (non-hydrogen) atoms. The van der Waals surface area contributed by atoms with E-state index in [2.05, 4.69) is 57.3 Å². The highest BCUT2D eigenvalue weighted by molar-refractivity contribution is 5.83. The van der Waals surface area contributed by atoms with E-state index in [9.17, 15) is 0 Å². The molecule has 0 spiro atoms. The average Bonchev–Trinajstić information content (AvgIpc) is 3.07. The smallest absolute Gasteiger partial charge is 0.180 e. The van der Waals surface area contributed by atoms with Crippen molar-refractivity contribution in [3.8, 4) is 11.5 Å². The Morgan fingerprint density at radius 2 is 1.83 bits per heavy atom. The number of hydrogen-bond acceptors (Lipinski definition) is 6. The van der Waals surface area contributed by atoms with Gasteiger partial charge in [0.15, 0.2) is 11.5 Å². The molecule has 0 bridgehead atoms.